The lowest BCUT2D eigenvalue weighted by Crippen LogP contribution is -2.16. The Balaban J connectivity index is 2.03. The van der Waals surface area contributed by atoms with Crippen molar-refractivity contribution in [3.8, 4) is 5.75 Å². The fourth-order valence-electron chi connectivity index (χ4n) is 1.50. The standard InChI is InChI=1S/C13H12ClN3O2/c1-19-10-4-3-9(11(14)8-10)7-12(18)17-13-15-5-2-6-16-13/h2-6,8H,7H2,1H3,(H,15,16,17,18). The number of hydrogen-bond donors (Lipinski definition) is 1. The van der Waals surface area contributed by atoms with E-state index in [2.05, 4.69) is 15.3 Å². The van der Waals surface area contributed by atoms with Gasteiger partial charge in [-0.1, -0.05) is 17.7 Å². The van der Waals surface area contributed by atoms with Gasteiger partial charge < -0.3 is 4.74 Å². The van der Waals surface area contributed by atoms with Gasteiger partial charge in [0.15, 0.2) is 0 Å². The Labute approximate surface area is 115 Å². The van der Waals surface area contributed by atoms with Gasteiger partial charge in [0.2, 0.25) is 11.9 Å². The molecule has 0 bridgehead atoms. The van der Waals surface area contributed by atoms with Crippen LogP contribution in [-0.4, -0.2) is 23.0 Å². The molecule has 6 heteroatoms. The SMILES string of the molecule is COc1ccc(CC(=O)Nc2ncccn2)c(Cl)c1. The average molecular weight is 278 g/mol. The minimum absolute atomic E-state index is 0.154. The van der Waals surface area contributed by atoms with Gasteiger partial charge in [-0.3, -0.25) is 10.1 Å². The molecule has 0 aliphatic rings. The van der Waals surface area contributed by atoms with Gasteiger partial charge in [0.25, 0.3) is 0 Å². The van der Waals surface area contributed by atoms with E-state index < -0.39 is 0 Å². The molecule has 0 atom stereocenters. The van der Waals surface area contributed by atoms with E-state index in [1.54, 1.807) is 43.8 Å². The summed E-state index contributed by atoms with van der Waals surface area (Å²) >= 11 is 6.06. The normalized spacial score (nSPS) is 10.0. The van der Waals surface area contributed by atoms with E-state index in [1.807, 2.05) is 0 Å². The van der Waals surface area contributed by atoms with Crippen molar-refractivity contribution >= 4 is 23.5 Å². The second-order valence-electron chi connectivity index (χ2n) is 3.75. The summed E-state index contributed by atoms with van der Waals surface area (Å²) < 4.78 is 5.05. The molecule has 0 radical (unpaired) electrons. The second-order valence-corrected chi connectivity index (χ2v) is 4.16. The lowest BCUT2D eigenvalue weighted by molar-refractivity contribution is -0.115. The van der Waals surface area contributed by atoms with Crippen LogP contribution in [0.15, 0.2) is 36.7 Å². The number of anilines is 1. The van der Waals surface area contributed by atoms with Gasteiger partial charge in [0.05, 0.1) is 13.5 Å². The highest BCUT2D eigenvalue weighted by Gasteiger charge is 2.09. The summed E-state index contributed by atoms with van der Waals surface area (Å²) in [6.45, 7) is 0. The van der Waals surface area contributed by atoms with Gasteiger partial charge in [0.1, 0.15) is 5.75 Å². The molecule has 1 heterocycles. The maximum atomic E-state index is 11.8. The van der Waals surface area contributed by atoms with Gasteiger partial charge in [0, 0.05) is 17.4 Å². The van der Waals surface area contributed by atoms with Crippen molar-refractivity contribution in [2.24, 2.45) is 0 Å². The number of ether oxygens (including phenoxy) is 1. The van der Waals surface area contributed by atoms with Crippen molar-refractivity contribution in [2.45, 2.75) is 6.42 Å². The highest BCUT2D eigenvalue weighted by Crippen LogP contribution is 2.22. The molecule has 0 saturated carbocycles. The number of nitrogens with one attached hydrogen (secondary N) is 1. The van der Waals surface area contributed by atoms with Crippen LogP contribution in [0.3, 0.4) is 0 Å². The van der Waals surface area contributed by atoms with E-state index in [1.165, 1.54) is 0 Å². The quantitative estimate of drug-likeness (QED) is 0.931. The Kier molecular flexibility index (Phi) is 4.30. The monoisotopic (exact) mass is 277 g/mol. The lowest BCUT2D eigenvalue weighted by Gasteiger charge is -2.07. The van der Waals surface area contributed by atoms with Crippen molar-refractivity contribution in [1.29, 1.82) is 0 Å². The number of hydrogen-bond acceptors (Lipinski definition) is 4. The summed E-state index contributed by atoms with van der Waals surface area (Å²) in [4.78, 5) is 19.6. The molecule has 0 fully saturated rings. The number of amides is 1. The molecule has 98 valence electrons. The van der Waals surface area contributed by atoms with Gasteiger partial charge >= 0.3 is 0 Å². The summed E-state index contributed by atoms with van der Waals surface area (Å²) in [6.07, 6.45) is 3.27. The van der Waals surface area contributed by atoms with Gasteiger partial charge in [-0.15, -0.1) is 0 Å². The Morgan fingerprint density at radius 3 is 2.74 bits per heavy atom. The zero-order chi connectivity index (χ0) is 13.7. The molecule has 1 N–H and O–H groups in total. The van der Waals surface area contributed by atoms with Crippen molar-refractivity contribution in [3.05, 3.63) is 47.2 Å². The molecular weight excluding hydrogens is 266 g/mol. The first-order valence-electron chi connectivity index (χ1n) is 5.58. The topological polar surface area (TPSA) is 64.1 Å². The number of carbonyl (C=O) groups excluding carboxylic acids is 1. The molecular formula is C13H12ClN3O2. The lowest BCUT2D eigenvalue weighted by atomic mass is 10.1. The summed E-state index contributed by atoms with van der Waals surface area (Å²) in [5.41, 5.74) is 0.718. The summed E-state index contributed by atoms with van der Waals surface area (Å²) in [6, 6.07) is 6.86. The highest BCUT2D eigenvalue weighted by atomic mass is 35.5. The zero-order valence-electron chi connectivity index (χ0n) is 10.3. The van der Waals surface area contributed by atoms with Gasteiger partial charge in [-0.05, 0) is 23.8 Å². The third-order valence-corrected chi connectivity index (χ3v) is 2.78. The van der Waals surface area contributed by atoms with Crippen LogP contribution in [0, 0.1) is 0 Å². The van der Waals surface area contributed by atoms with E-state index in [9.17, 15) is 4.79 Å². The first-order valence-corrected chi connectivity index (χ1v) is 5.96. The number of halogens is 1. The van der Waals surface area contributed by atoms with E-state index in [-0.39, 0.29) is 18.3 Å². The van der Waals surface area contributed by atoms with Crippen LogP contribution in [0.5, 0.6) is 5.75 Å². The largest absolute Gasteiger partial charge is 0.497 e. The molecule has 2 aromatic rings. The zero-order valence-corrected chi connectivity index (χ0v) is 11.0. The molecule has 1 aromatic carbocycles. The van der Waals surface area contributed by atoms with E-state index in [4.69, 9.17) is 16.3 Å². The Hall–Kier alpha value is -2.14. The van der Waals surface area contributed by atoms with Crippen LogP contribution in [0.1, 0.15) is 5.56 Å². The molecule has 1 amide bonds. The van der Waals surface area contributed by atoms with Crippen LogP contribution in [0.2, 0.25) is 5.02 Å². The molecule has 0 aliphatic heterocycles. The van der Waals surface area contributed by atoms with Crippen LogP contribution < -0.4 is 10.1 Å². The Morgan fingerprint density at radius 1 is 1.37 bits per heavy atom. The number of methoxy groups -OCH3 is 1. The fourth-order valence-corrected chi connectivity index (χ4v) is 1.74. The first-order chi connectivity index (χ1) is 9.19. The number of nitrogens with zero attached hydrogens (tertiary/aromatic N) is 2. The molecule has 0 aliphatic carbocycles. The van der Waals surface area contributed by atoms with Crippen LogP contribution in [-0.2, 0) is 11.2 Å². The maximum Gasteiger partial charge on any atom is 0.231 e. The third-order valence-electron chi connectivity index (χ3n) is 2.43. The van der Waals surface area contributed by atoms with Crippen LogP contribution in [0.25, 0.3) is 0 Å². The van der Waals surface area contributed by atoms with Gasteiger partial charge in [-0.25, -0.2) is 9.97 Å². The van der Waals surface area contributed by atoms with E-state index in [0.29, 0.717) is 10.8 Å². The smallest absolute Gasteiger partial charge is 0.231 e. The predicted octanol–water partition coefficient (Wildman–Crippen LogP) is 2.32. The minimum atomic E-state index is -0.224. The molecule has 0 saturated heterocycles. The number of carbonyl (C=O) groups is 1. The molecule has 0 unspecified atom stereocenters. The summed E-state index contributed by atoms with van der Waals surface area (Å²) in [5.74, 6) is 0.705. The molecule has 1 aromatic heterocycles. The minimum Gasteiger partial charge on any atom is -0.497 e. The van der Waals surface area contributed by atoms with Crippen molar-refractivity contribution in [1.82, 2.24) is 9.97 Å². The highest BCUT2D eigenvalue weighted by molar-refractivity contribution is 6.31. The van der Waals surface area contributed by atoms with Crippen molar-refractivity contribution in [2.75, 3.05) is 12.4 Å². The molecule has 19 heavy (non-hydrogen) atoms. The van der Waals surface area contributed by atoms with E-state index >= 15 is 0 Å². The average Bonchev–Trinajstić information content (AvgIpc) is 2.42. The summed E-state index contributed by atoms with van der Waals surface area (Å²) in [7, 11) is 1.56. The molecule has 2 rings (SSSR count). The Bertz CT molecular complexity index is 575. The van der Waals surface area contributed by atoms with Crippen LogP contribution >= 0.6 is 11.6 Å². The molecule has 5 nitrogen and oxygen atoms in total. The predicted molar refractivity (Wildman–Crippen MR) is 72.4 cm³/mol. The second kappa shape index (κ2) is 6.15. The maximum absolute atomic E-state index is 11.8. The van der Waals surface area contributed by atoms with Crippen molar-refractivity contribution < 1.29 is 9.53 Å². The Morgan fingerprint density at radius 2 is 2.11 bits per heavy atom. The first kappa shape index (κ1) is 13.3. The number of aromatic nitrogens is 2. The van der Waals surface area contributed by atoms with Crippen molar-refractivity contribution in [3.63, 3.8) is 0 Å². The van der Waals surface area contributed by atoms with E-state index in [0.717, 1.165) is 5.56 Å². The van der Waals surface area contributed by atoms with Crippen LogP contribution in [0.4, 0.5) is 5.95 Å². The third kappa shape index (κ3) is 3.66. The number of benzene rings is 1. The summed E-state index contributed by atoms with van der Waals surface area (Å²) in [5, 5.41) is 3.08. The fraction of sp³-hybridized carbons (Fsp3) is 0.154. The number of rotatable bonds is 4. The van der Waals surface area contributed by atoms with Gasteiger partial charge in [-0.2, -0.15) is 0 Å². The molecule has 0 spiro atoms.